The summed E-state index contributed by atoms with van der Waals surface area (Å²) in [6.45, 7) is 0.929. The van der Waals surface area contributed by atoms with Gasteiger partial charge in [-0.05, 0) is 30.2 Å². The highest BCUT2D eigenvalue weighted by Crippen LogP contribution is 2.35. The number of thioether (sulfide) groups is 1. The van der Waals surface area contributed by atoms with E-state index in [-0.39, 0.29) is 12.1 Å². The van der Waals surface area contributed by atoms with E-state index in [2.05, 4.69) is 22.8 Å². The first kappa shape index (κ1) is 15.7. The Balaban J connectivity index is 1.43. The van der Waals surface area contributed by atoms with E-state index in [1.807, 2.05) is 54.2 Å². The van der Waals surface area contributed by atoms with Crippen molar-refractivity contribution in [3.63, 3.8) is 0 Å². The zero-order valence-corrected chi connectivity index (χ0v) is 13.6. The van der Waals surface area contributed by atoms with Gasteiger partial charge in [-0.15, -0.1) is 11.8 Å². The van der Waals surface area contributed by atoms with E-state index >= 15 is 0 Å². The second kappa shape index (κ2) is 7.92. The molecule has 0 radical (unpaired) electrons. The number of fused-ring (bicyclic) bond motifs is 1. The first-order valence-corrected chi connectivity index (χ1v) is 8.75. The Bertz CT molecular complexity index is 648. The predicted molar refractivity (Wildman–Crippen MR) is 93.0 cm³/mol. The highest BCUT2D eigenvalue weighted by atomic mass is 32.2. The molecule has 1 aliphatic rings. The van der Waals surface area contributed by atoms with Crippen LogP contribution >= 0.6 is 11.8 Å². The molecule has 0 saturated carbocycles. The molecule has 3 rings (SSSR count). The molecule has 120 valence electrons. The van der Waals surface area contributed by atoms with Gasteiger partial charge in [-0.1, -0.05) is 36.4 Å². The fourth-order valence-corrected chi connectivity index (χ4v) is 3.68. The Hall–Kier alpha value is -2.14. The number of hydrogen-bond acceptors (Lipinski definition) is 3. The number of para-hydroxylation sites is 1. The standard InChI is InChI=1S/C18H20N2O2S/c21-18(19-11-12-22-14-6-2-1-3-7-14)20-16-10-13-23-17-9-5-4-8-15(16)17/h1-9,16H,10-13H2,(H2,19,20,21)/t16-/m0/s1. The van der Waals surface area contributed by atoms with Crippen molar-refractivity contribution in [1.29, 1.82) is 0 Å². The van der Waals surface area contributed by atoms with Crippen molar-refractivity contribution in [2.45, 2.75) is 17.4 Å². The van der Waals surface area contributed by atoms with Crippen molar-refractivity contribution in [3.05, 3.63) is 60.2 Å². The third-order valence-electron chi connectivity index (χ3n) is 3.66. The molecule has 0 aromatic heterocycles. The van der Waals surface area contributed by atoms with E-state index < -0.39 is 0 Å². The molecule has 4 nitrogen and oxygen atoms in total. The maximum Gasteiger partial charge on any atom is 0.315 e. The quantitative estimate of drug-likeness (QED) is 0.825. The van der Waals surface area contributed by atoms with Crippen LogP contribution in [0.1, 0.15) is 18.0 Å². The average molecular weight is 328 g/mol. The Kier molecular flexibility index (Phi) is 5.42. The average Bonchev–Trinajstić information content (AvgIpc) is 2.60. The number of urea groups is 1. The third kappa shape index (κ3) is 4.42. The second-order valence-electron chi connectivity index (χ2n) is 5.29. The van der Waals surface area contributed by atoms with Gasteiger partial charge >= 0.3 is 6.03 Å². The molecule has 2 aromatic carbocycles. The summed E-state index contributed by atoms with van der Waals surface area (Å²) < 4.78 is 5.56. The van der Waals surface area contributed by atoms with Crippen LogP contribution in [0.2, 0.25) is 0 Å². The van der Waals surface area contributed by atoms with Crippen LogP contribution < -0.4 is 15.4 Å². The molecule has 0 saturated heterocycles. The highest BCUT2D eigenvalue weighted by molar-refractivity contribution is 7.99. The van der Waals surface area contributed by atoms with Crippen molar-refractivity contribution in [1.82, 2.24) is 10.6 Å². The number of ether oxygens (including phenoxy) is 1. The smallest absolute Gasteiger partial charge is 0.315 e. The minimum Gasteiger partial charge on any atom is -0.492 e. The van der Waals surface area contributed by atoms with Crippen LogP contribution in [-0.2, 0) is 0 Å². The van der Waals surface area contributed by atoms with Crippen molar-refractivity contribution in [2.24, 2.45) is 0 Å². The van der Waals surface area contributed by atoms with Gasteiger partial charge in [0.15, 0.2) is 0 Å². The molecule has 0 aliphatic carbocycles. The summed E-state index contributed by atoms with van der Waals surface area (Å²) in [4.78, 5) is 13.3. The monoisotopic (exact) mass is 328 g/mol. The molecule has 1 atom stereocenters. The fraction of sp³-hybridized carbons (Fsp3) is 0.278. The van der Waals surface area contributed by atoms with Crippen LogP contribution in [0.25, 0.3) is 0 Å². The Morgan fingerprint density at radius 3 is 2.78 bits per heavy atom. The van der Waals surface area contributed by atoms with Crippen LogP contribution in [-0.4, -0.2) is 24.9 Å². The molecule has 0 bridgehead atoms. The predicted octanol–water partition coefficient (Wildman–Crippen LogP) is 3.60. The van der Waals surface area contributed by atoms with E-state index in [9.17, 15) is 4.79 Å². The lowest BCUT2D eigenvalue weighted by molar-refractivity contribution is 0.232. The van der Waals surface area contributed by atoms with Gasteiger partial charge in [0.05, 0.1) is 12.6 Å². The molecule has 5 heteroatoms. The van der Waals surface area contributed by atoms with Gasteiger partial charge in [0, 0.05) is 10.6 Å². The molecule has 2 aromatic rings. The van der Waals surface area contributed by atoms with E-state index in [1.54, 1.807) is 0 Å². The van der Waals surface area contributed by atoms with E-state index in [1.165, 1.54) is 10.5 Å². The first-order valence-electron chi connectivity index (χ1n) is 7.77. The summed E-state index contributed by atoms with van der Waals surface area (Å²) >= 11 is 1.85. The number of rotatable bonds is 5. The van der Waals surface area contributed by atoms with Gasteiger partial charge in [0.25, 0.3) is 0 Å². The van der Waals surface area contributed by atoms with Crippen LogP contribution in [0.3, 0.4) is 0 Å². The van der Waals surface area contributed by atoms with E-state index in [0.717, 1.165) is 17.9 Å². The molecular weight excluding hydrogens is 308 g/mol. The van der Waals surface area contributed by atoms with Gasteiger partial charge in [-0.2, -0.15) is 0 Å². The molecule has 2 N–H and O–H groups in total. The minimum atomic E-state index is -0.145. The molecule has 0 spiro atoms. The SMILES string of the molecule is O=C(NCCOc1ccccc1)N[C@H]1CCSc2ccccc21. The van der Waals surface area contributed by atoms with Crippen molar-refractivity contribution < 1.29 is 9.53 Å². The van der Waals surface area contributed by atoms with Crippen LogP contribution in [0.4, 0.5) is 4.79 Å². The van der Waals surface area contributed by atoms with Gasteiger partial charge in [-0.25, -0.2) is 4.79 Å². The largest absolute Gasteiger partial charge is 0.492 e. The number of carbonyl (C=O) groups excluding carboxylic acids is 1. The zero-order chi connectivity index (χ0) is 15.9. The second-order valence-corrected chi connectivity index (χ2v) is 6.43. The molecule has 23 heavy (non-hydrogen) atoms. The molecule has 0 unspecified atom stereocenters. The number of carbonyl (C=O) groups is 1. The summed E-state index contributed by atoms with van der Waals surface area (Å²) in [6.07, 6.45) is 0.954. The van der Waals surface area contributed by atoms with Crippen molar-refractivity contribution in [3.8, 4) is 5.75 Å². The maximum absolute atomic E-state index is 12.0. The number of hydrogen-bond donors (Lipinski definition) is 2. The molecule has 2 amide bonds. The van der Waals surface area contributed by atoms with Crippen LogP contribution in [0, 0.1) is 0 Å². The van der Waals surface area contributed by atoms with E-state index in [4.69, 9.17) is 4.74 Å². The summed E-state index contributed by atoms with van der Waals surface area (Å²) in [7, 11) is 0. The summed E-state index contributed by atoms with van der Waals surface area (Å²) in [5.74, 6) is 1.84. The summed E-state index contributed by atoms with van der Waals surface area (Å²) in [6, 6.07) is 17.8. The maximum atomic E-state index is 12.0. The lowest BCUT2D eigenvalue weighted by Gasteiger charge is -2.25. The number of benzene rings is 2. The summed E-state index contributed by atoms with van der Waals surface area (Å²) in [5.41, 5.74) is 1.21. The molecule has 1 aliphatic heterocycles. The number of nitrogens with one attached hydrogen (secondary N) is 2. The summed E-state index contributed by atoms with van der Waals surface area (Å²) in [5, 5.41) is 5.90. The molecule has 1 heterocycles. The Morgan fingerprint density at radius 2 is 1.91 bits per heavy atom. The van der Waals surface area contributed by atoms with Gasteiger partial charge in [0.1, 0.15) is 12.4 Å². The Morgan fingerprint density at radius 1 is 1.13 bits per heavy atom. The normalized spacial score (nSPS) is 16.3. The van der Waals surface area contributed by atoms with Crippen LogP contribution in [0.15, 0.2) is 59.5 Å². The van der Waals surface area contributed by atoms with Gasteiger partial charge in [-0.3, -0.25) is 0 Å². The Labute approximate surface area is 140 Å². The van der Waals surface area contributed by atoms with Gasteiger partial charge in [0.2, 0.25) is 0 Å². The number of amides is 2. The topological polar surface area (TPSA) is 50.4 Å². The van der Waals surface area contributed by atoms with E-state index in [0.29, 0.717) is 13.2 Å². The third-order valence-corrected chi connectivity index (χ3v) is 4.79. The zero-order valence-electron chi connectivity index (χ0n) is 12.8. The van der Waals surface area contributed by atoms with Crippen LogP contribution in [0.5, 0.6) is 5.75 Å². The first-order chi connectivity index (χ1) is 11.3. The lowest BCUT2D eigenvalue weighted by atomic mass is 10.0. The molecule has 0 fully saturated rings. The highest BCUT2D eigenvalue weighted by Gasteiger charge is 2.21. The van der Waals surface area contributed by atoms with Crippen molar-refractivity contribution >= 4 is 17.8 Å². The lowest BCUT2D eigenvalue weighted by Crippen LogP contribution is -2.40. The molecular formula is C18H20N2O2S. The fourth-order valence-electron chi connectivity index (χ4n) is 2.55. The van der Waals surface area contributed by atoms with Crippen molar-refractivity contribution in [2.75, 3.05) is 18.9 Å². The minimum absolute atomic E-state index is 0.0856. The van der Waals surface area contributed by atoms with Gasteiger partial charge < -0.3 is 15.4 Å².